The molecule has 0 atom stereocenters. The average molecular weight is 394 g/mol. The molecule has 1 amide bonds. The van der Waals surface area contributed by atoms with Gasteiger partial charge < -0.3 is 18.6 Å². The first-order valence-corrected chi connectivity index (χ1v) is 9.34. The molecule has 2 aromatic carbocycles. The van der Waals surface area contributed by atoms with Gasteiger partial charge in [-0.3, -0.25) is 10.1 Å². The van der Waals surface area contributed by atoms with Gasteiger partial charge in [0.15, 0.2) is 22.4 Å². The number of thiazole rings is 1. The van der Waals surface area contributed by atoms with E-state index in [2.05, 4.69) is 10.3 Å². The highest BCUT2D eigenvalue weighted by Crippen LogP contribution is 2.35. The van der Waals surface area contributed by atoms with Gasteiger partial charge in [-0.05, 0) is 36.4 Å². The summed E-state index contributed by atoms with van der Waals surface area (Å²) >= 11 is 1.41. The summed E-state index contributed by atoms with van der Waals surface area (Å²) in [6, 6.07) is 16.4. The van der Waals surface area contributed by atoms with Crippen LogP contribution in [0.3, 0.4) is 0 Å². The van der Waals surface area contributed by atoms with Crippen molar-refractivity contribution in [2.45, 2.75) is 6.61 Å². The topological polar surface area (TPSA) is 82.8 Å². The Kier molecular flexibility index (Phi) is 4.10. The number of rotatable bonds is 5. The number of hydrogen-bond acceptors (Lipinski definition) is 7. The lowest BCUT2D eigenvalue weighted by Gasteiger charge is -2.05. The molecule has 8 heteroatoms. The van der Waals surface area contributed by atoms with Crippen LogP contribution in [-0.4, -0.2) is 17.7 Å². The van der Waals surface area contributed by atoms with Gasteiger partial charge in [-0.1, -0.05) is 23.5 Å². The lowest BCUT2D eigenvalue weighted by Crippen LogP contribution is -2.10. The fourth-order valence-corrected chi connectivity index (χ4v) is 3.64. The largest absolute Gasteiger partial charge is 0.486 e. The van der Waals surface area contributed by atoms with Crippen molar-refractivity contribution in [1.29, 1.82) is 0 Å². The van der Waals surface area contributed by atoms with E-state index >= 15 is 0 Å². The van der Waals surface area contributed by atoms with Gasteiger partial charge >= 0.3 is 0 Å². The van der Waals surface area contributed by atoms with Crippen LogP contribution in [0.5, 0.6) is 17.2 Å². The molecule has 28 heavy (non-hydrogen) atoms. The van der Waals surface area contributed by atoms with Crippen LogP contribution < -0.4 is 19.5 Å². The van der Waals surface area contributed by atoms with Crippen LogP contribution in [0.4, 0.5) is 5.13 Å². The van der Waals surface area contributed by atoms with E-state index < -0.39 is 0 Å². The summed E-state index contributed by atoms with van der Waals surface area (Å²) < 4.78 is 22.9. The van der Waals surface area contributed by atoms with Crippen molar-refractivity contribution in [2.75, 3.05) is 12.1 Å². The van der Waals surface area contributed by atoms with Crippen LogP contribution in [0.2, 0.25) is 0 Å². The molecule has 7 nitrogen and oxygen atoms in total. The number of carbonyl (C=O) groups is 1. The molecule has 0 fully saturated rings. The maximum atomic E-state index is 12.4. The van der Waals surface area contributed by atoms with Crippen molar-refractivity contribution in [2.24, 2.45) is 0 Å². The summed E-state index contributed by atoms with van der Waals surface area (Å²) in [6.45, 7) is 0.401. The maximum absolute atomic E-state index is 12.4. The molecule has 0 bridgehead atoms. The van der Waals surface area contributed by atoms with E-state index in [0.29, 0.717) is 28.1 Å². The van der Waals surface area contributed by atoms with Gasteiger partial charge in [-0.25, -0.2) is 4.98 Å². The number of hydrogen-bond donors (Lipinski definition) is 1. The minimum atomic E-state index is -0.353. The fraction of sp³-hybridized carbons (Fsp3) is 0.100. The number of para-hydroxylation sites is 1. The van der Waals surface area contributed by atoms with Gasteiger partial charge in [0.1, 0.15) is 18.1 Å². The Bertz CT molecular complexity index is 1130. The molecule has 0 radical (unpaired) electrons. The van der Waals surface area contributed by atoms with E-state index in [1.807, 2.05) is 24.3 Å². The maximum Gasteiger partial charge on any atom is 0.293 e. The number of furan rings is 1. The van der Waals surface area contributed by atoms with Crippen LogP contribution in [0, 0.1) is 0 Å². The Hall–Kier alpha value is -3.52. The zero-order valence-electron chi connectivity index (χ0n) is 14.5. The SMILES string of the molecule is O=C(Nc1nc2ccccc2s1)c1ccc(COc2ccc3c(c2)OCO3)o1. The van der Waals surface area contributed by atoms with Gasteiger partial charge in [-0.2, -0.15) is 0 Å². The second-order valence-electron chi connectivity index (χ2n) is 6.01. The Morgan fingerprint density at radius 2 is 2.00 bits per heavy atom. The number of nitrogens with zero attached hydrogens (tertiary/aromatic N) is 1. The molecular weight excluding hydrogens is 380 g/mol. The molecule has 5 rings (SSSR count). The van der Waals surface area contributed by atoms with Crippen LogP contribution in [0.25, 0.3) is 10.2 Å². The van der Waals surface area contributed by atoms with Crippen molar-refractivity contribution in [3.63, 3.8) is 0 Å². The van der Waals surface area contributed by atoms with E-state index in [1.54, 1.807) is 30.3 Å². The Balaban J connectivity index is 1.23. The first-order chi connectivity index (χ1) is 13.7. The van der Waals surface area contributed by atoms with Gasteiger partial charge in [0.25, 0.3) is 5.91 Å². The molecule has 0 saturated carbocycles. The predicted molar refractivity (Wildman–Crippen MR) is 103 cm³/mol. The summed E-state index contributed by atoms with van der Waals surface area (Å²) in [6.07, 6.45) is 0. The molecule has 1 aliphatic rings. The second kappa shape index (κ2) is 6.90. The molecule has 2 aromatic heterocycles. The number of aromatic nitrogens is 1. The summed E-state index contributed by atoms with van der Waals surface area (Å²) in [5, 5.41) is 3.29. The van der Waals surface area contributed by atoms with Gasteiger partial charge in [0, 0.05) is 6.07 Å². The molecule has 0 aliphatic carbocycles. The number of carbonyl (C=O) groups excluding carboxylic acids is 1. The van der Waals surface area contributed by atoms with E-state index in [4.69, 9.17) is 18.6 Å². The highest BCUT2D eigenvalue weighted by atomic mass is 32.1. The normalized spacial score (nSPS) is 12.3. The number of amides is 1. The second-order valence-corrected chi connectivity index (χ2v) is 7.04. The van der Waals surface area contributed by atoms with Crippen molar-refractivity contribution >= 4 is 32.6 Å². The monoisotopic (exact) mass is 394 g/mol. The Labute approximate surface area is 163 Å². The number of fused-ring (bicyclic) bond motifs is 2. The number of anilines is 1. The van der Waals surface area contributed by atoms with E-state index in [1.165, 1.54) is 11.3 Å². The molecule has 0 unspecified atom stereocenters. The number of ether oxygens (including phenoxy) is 3. The van der Waals surface area contributed by atoms with Crippen LogP contribution >= 0.6 is 11.3 Å². The van der Waals surface area contributed by atoms with Gasteiger partial charge in [-0.15, -0.1) is 0 Å². The Morgan fingerprint density at radius 1 is 1.11 bits per heavy atom. The lowest BCUT2D eigenvalue weighted by atomic mass is 10.3. The van der Waals surface area contributed by atoms with Gasteiger partial charge in [0.05, 0.1) is 10.2 Å². The number of benzene rings is 2. The van der Waals surface area contributed by atoms with Crippen molar-refractivity contribution in [3.8, 4) is 17.2 Å². The minimum Gasteiger partial charge on any atom is -0.486 e. The van der Waals surface area contributed by atoms with Crippen LogP contribution in [-0.2, 0) is 6.61 Å². The molecule has 140 valence electrons. The van der Waals surface area contributed by atoms with Gasteiger partial charge in [0.2, 0.25) is 6.79 Å². The standard InChI is InChI=1S/C20H14N2O5S/c23-19(22-20-21-14-3-1-2-4-18(14)28-20)16-8-6-13(27-16)10-24-12-5-7-15-17(9-12)26-11-25-15/h1-9H,10-11H2,(H,21,22,23). The first-order valence-electron chi connectivity index (χ1n) is 8.53. The smallest absolute Gasteiger partial charge is 0.293 e. The van der Waals surface area contributed by atoms with E-state index in [0.717, 1.165) is 10.2 Å². The van der Waals surface area contributed by atoms with E-state index in [-0.39, 0.29) is 25.1 Å². The molecule has 0 saturated heterocycles. The molecule has 0 spiro atoms. The zero-order chi connectivity index (χ0) is 18.9. The summed E-state index contributed by atoms with van der Waals surface area (Å²) in [5.41, 5.74) is 0.847. The third-order valence-electron chi connectivity index (χ3n) is 4.12. The van der Waals surface area contributed by atoms with Crippen LogP contribution in [0.15, 0.2) is 59.0 Å². The predicted octanol–water partition coefficient (Wildman–Crippen LogP) is 4.45. The van der Waals surface area contributed by atoms with E-state index in [9.17, 15) is 4.79 Å². The van der Waals surface area contributed by atoms with Crippen molar-refractivity contribution < 1.29 is 23.4 Å². The quantitative estimate of drug-likeness (QED) is 0.538. The molecule has 4 aromatic rings. The van der Waals surface area contributed by atoms with Crippen LogP contribution in [0.1, 0.15) is 16.3 Å². The third kappa shape index (κ3) is 3.25. The first kappa shape index (κ1) is 16.6. The van der Waals surface area contributed by atoms with Crippen molar-refractivity contribution in [3.05, 3.63) is 66.1 Å². The highest BCUT2D eigenvalue weighted by Gasteiger charge is 2.16. The summed E-state index contributed by atoms with van der Waals surface area (Å²) in [5.74, 6) is 2.34. The molecule has 1 N–H and O–H groups in total. The molecule has 3 heterocycles. The lowest BCUT2D eigenvalue weighted by molar-refractivity contribution is 0.0992. The van der Waals surface area contributed by atoms with Crippen molar-refractivity contribution in [1.82, 2.24) is 4.98 Å². The fourth-order valence-electron chi connectivity index (χ4n) is 2.78. The molecule has 1 aliphatic heterocycles. The Morgan fingerprint density at radius 3 is 2.93 bits per heavy atom. The molecular formula is C20H14N2O5S. The summed E-state index contributed by atoms with van der Waals surface area (Å²) in [4.78, 5) is 16.8. The average Bonchev–Trinajstić information content (AvgIpc) is 3.44. The highest BCUT2D eigenvalue weighted by molar-refractivity contribution is 7.22. The number of nitrogens with one attached hydrogen (secondary N) is 1. The third-order valence-corrected chi connectivity index (χ3v) is 5.08. The zero-order valence-corrected chi connectivity index (χ0v) is 15.3. The summed E-state index contributed by atoms with van der Waals surface area (Å²) in [7, 11) is 0. The minimum absolute atomic E-state index is 0.189.